The fourth-order valence-corrected chi connectivity index (χ4v) is 4.99. The molecule has 0 saturated heterocycles. The van der Waals surface area contributed by atoms with Gasteiger partial charge < -0.3 is 14.5 Å². The third-order valence-corrected chi connectivity index (χ3v) is 6.85. The lowest BCUT2D eigenvalue weighted by molar-refractivity contribution is -0.148. The number of thiophene rings is 1. The zero-order chi connectivity index (χ0) is 23.5. The van der Waals surface area contributed by atoms with Crippen LogP contribution in [0, 0.1) is 0 Å². The maximum Gasteiger partial charge on any atom is 0.306 e. The third-order valence-electron chi connectivity index (χ3n) is 5.99. The first-order valence-corrected chi connectivity index (χ1v) is 12.7. The van der Waals surface area contributed by atoms with E-state index in [1.165, 1.54) is 0 Å². The van der Waals surface area contributed by atoms with Crippen LogP contribution in [-0.4, -0.2) is 46.8 Å². The number of carbonyl (C=O) groups is 3. The van der Waals surface area contributed by atoms with Crippen LogP contribution in [0.5, 0.6) is 0 Å². The summed E-state index contributed by atoms with van der Waals surface area (Å²) in [6, 6.07) is 14.0. The van der Waals surface area contributed by atoms with Crippen molar-refractivity contribution in [2.45, 2.75) is 71.0 Å². The highest BCUT2D eigenvalue weighted by molar-refractivity contribution is 7.09. The Hall–Kier alpha value is -2.67. The second kappa shape index (κ2) is 13.1. The Balaban J connectivity index is 1.73. The Kier molecular flexibility index (Phi) is 9.94. The average molecular weight is 471 g/mol. The Labute approximate surface area is 200 Å². The highest BCUT2D eigenvalue weighted by atomic mass is 32.1. The summed E-state index contributed by atoms with van der Waals surface area (Å²) in [6.07, 6.45) is 5.21. The molecule has 1 aliphatic carbocycles. The van der Waals surface area contributed by atoms with Gasteiger partial charge in [0.05, 0.1) is 19.6 Å². The van der Waals surface area contributed by atoms with Gasteiger partial charge in [-0.25, -0.2) is 0 Å². The summed E-state index contributed by atoms with van der Waals surface area (Å²) in [5.74, 6) is -0.578. The molecule has 33 heavy (non-hydrogen) atoms. The van der Waals surface area contributed by atoms with Gasteiger partial charge in [-0.1, -0.05) is 55.7 Å². The first-order chi connectivity index (χ1) is 16.1. The van der Waals surface area contributed by atoms with Gasteiger partial charge in [0.2, 0.25) is 11.8 Å². The fourth-order valence-electron chi connectivity index (χ4n) is 4.27. The molecular weight excluding hydrogens is 436 g/mol. The molecule has 3 rings (SSSR count). The fraction of sp³-hybridized carbons (Fsp3) is 0.500. The second-order valence-corrected chi connectivity index (χ2v) is 9.47. The molecule has 0 radical (unpaired) electrons. The van der Waals surface area contributed by atoms with Crippen LogP contribution in [0.4, 0.5) is 0 Å². The van der Waals surface area contributed by atoms with Crippen LogP contribution in [0.3, 0.4) is 0 Å². The second-order valence-electron chi connectivity index (χ2n) is 8.43. The Morgan fingerprint density at radius 2 is 1.70 bits per heavy atom. The molecule has 0 aliphatic heterocycles. The summed E-state index contributed by atoms with van der Waals surface area (Å²) in [5.41, 5.74) is 1.06. The monoisotopic (exact) mass is 470 g/mol. The lowest BCUT2D eigenvalue weighted by atomic mass is 9.93. The van der Waals surface area contributed by atoms with E-state index in [0.29, 0.717) is 19.7 Å². The van der Waals surface area contributed by atoms with Gasteiger partial charge in [0.15, 0.2) is 0 Å². The van der Waals surface area contributed by atoms with Gasteiger partial charge in [0.25, 0.3) is 0 Å². The SMILES string of the molecule is CCOC(=O)CCC(=O)N(CC(=O)N(Cc1ccccc1)Cc1cccs1)C1CCCCC1. The van der Waals surface area contributed by atoms with E-state index in [1.54, 1.807) is 23.2 Å². The highest BCUT2D eigenvalue weighted by Crippen LogP contribution is 2.24. The van der Waals surface area contributed by atoms with Crippen molar-refractivity contribution in [3.05, 3.63) is 58.3 Å². The normalized spacial score (nSPS) is 14.0. The van der Waals surface area contributed by atoms with E-state index in [-0.39, 0.29) is 43.2 Å². The van der Waals surface area contributed by atoms with Gasteiger partial charge in [-0.2, -0.15) is 0 Å². The molecule has 7 heteroatoms. The predicted molar refractivity (Wildman–Crippen MR) is 129 cm³/mol. The smallest absolute Gasteiger partial charge is 0.306 e. The molecular formula is C26H34N2O4S. The summed E-state index contributed by atoms with van der Waals surface area (Å²) in [5, 5.41) is 2.01. The number of hydrogen-bond donors (Lipinski definition) is 0. The van der Waals surface area contributed by atoms with Crippen molar-refractivity contribution in [2.24, 2.45) is 0 Å². The van der Waals surface area contributed by atoms with Crippen molar-refractivity contribution < 1.29 is 19.1 Å². The third kappa shape index (κ3) is 8.00. The minimum Gasteiger partial charge on any atom is -0.466 e. The molecule has 1 aliphatic rings. The van der Waals surface area contributed by atoms with Crippen molar-refractivity contribution >= 4 is 29.1 Å². The first kappa shape index (κ1) is 25.0. The van der Waals surface area contributed by atoms with Gasteiger partial charge >= 0.3 is 5.97 Å². The largest absolute Gasteiger partial charge is 0.466 e. The number of rotatable bonds is 11. The average Bonchev–Trinajstić information content (AvgIpc) is 3.35. The lowest BCUT2D eigenvalue weighted by Gasteiger charge is -2.35. The molecule has 0 N–H and O–H groups in total. The Bertz CT molecular complexity index is 879. The number of carbonyl (C=O) groups excluding carboxylic acids is 3. The van der Waals surface area contributed by atoms with E-state index in [4.69, 9.17) is 4.74 Å². The van der Waals surface area contributed by atoms with E-state index in [9.17, 15) is 14.4 Å². The minimum absolute atomic E-state index is 0.0462. The quantitative estimate of drug-likeness (QED) is 0.443. The lowest BCUT2D eigenvalue weighted by Crippen LogP contribution is -2.48. The van der Waals surface area contributed by atoms with Gasteiger partial charge in [0.1, 0.15) is 6.54 Å². The van der Waals surface area contributed by atoms with Crippen LogP contribution in [0.2, 0.25) is 0 Å². The molecule has 178 valence electrons. The van der Waals surface area contributed by atoms with Crippen molar-refractivity contribution in [1.82, 2.24) is 9.80 Å². The zero-order valence-corrected chi connectivity index (χ0v) is 20.2. The van der Waals surface area contributed by atoms with Crippen LogP contribution < -0.4 is 0 Å². The maximum atomic E-state index is 13.5. The summed E-state index contributed by atoms with van der Waals surface area (Å²) >= 11 is 1.62. The standard InChI is InChI=1S/C26H34N2O4S/c1-2-32-26(31)16-15-24(29)28(22-12-7-4-8-13-22)20-25(30)27(19-23-14-9-17-33-23)18-21-10-5-3-6-11-21/h3,5-6,9-11,14,17,22H,2,4,7-8,12-13,15-16,18-20H2,1H3. The van der Waals surface area contributed by atoms with Crippen LogP contribution in [0.1, 0.15) is 62.3 Å². The first-order valence-electron chi connectivity index (χ1n) is 11.9. The van der Waals surface area contributed by atoms with Crippen LogP contribution in [-0.2, 0) is 32.2 Å². The molecule has 0 atom stereocenters. The zero-order valence-electron chi connectivity index (χ0n) is 19.4. The summed E-state index contributed by atoms with van der Waals surface area (Å²) in [4.78, 5) is 43.1. The molecule has 2 aromatic rings. The molecule has 0 spiro atoms. The van der Waals surface area contributed by atoms with Crippen LogP contribution in [0.25, 0.3) is 0 Å². The molecule has 1 heterocycles. The van der Waals surface area contributed by atoms with Crippen LogP contribution in [0.15, 0.2) is 47.8 Å². The molecule has 2 amide bonds. The van der Waals surface area contributed by atoms with E-state index in [0.717, 1.165) is 42.5 Å². The maximum absolute atomic E-state index is 13.5. The van der Waals surface area contributed by atoms with E-state index in [1.807, 2.05) is 52.7 Å². The molecule has 1 aromatic carbocycles. The van der Waals surface area contributed by atoms with Gasteiger partial charge in [0, 0.05) is 23.9 Å². The minimum atomic E-state index is -0.371. The van der Waals surface area contributed by atoms with Crippen molar-refractivity contribution in [3.63, 3.8) is 0 Å². The van der Waals surface area contributed by atoms with E-state index < -0.39 is 0 Å². The number of esters is 1. The van der Waals surface area contributed by atoms with Gasteiger partial charge in [-0.15, -0.1) is 11.3 Å². The topological polar surface area (TPSA) is 66.9 Å². The Morgan fingerprint density at radius 1 is 0.939 bits per heavy atom. The molecule has 1 fully saturated rings. The highest BCUT2D eigenvalue weighted by Gasteiger charge is 2.29. The van der Waals surface area contributed by atoms with Crippen molar-refractivity contribution in [3.8, 4) is 0 Å². The molecule has 1 saturated carbocycles. The Morgan fingerprint density at radius 3 is 2.36 bits per heavy atom. The predicted octanol–water partition coefficient (Wildman–Crippen LogP) is 4.78. The van der Waals surface area contributed by atoms with Gasteiger partial charge in [-0.3, -0.25) is 14.4 Å². The number of hydrogen-bond acceptors (Lipinski definition) is 5. The van der Waals surface area contributed by atoms with Crippen molar-refractivity contribution in [2.75, 3.05) is 13.2 Å². The van der Waals surface area contributed by atoms with Gasteiger partial charge in [-0.05, 0) is 36.8 Å². The number of nitrogens with zero attached hydrogens (tertiary/aromatic N) is 2. The number of amides is 2. The summed E-state index contributed by atoms with van der Waals surface area (Å²) in [7, 11) is 0. The van der Waals surface area contributed by atoms with Crippen LogP contribution >= 0.6 is 11.3 Å². The number of benzene rings is 1. The van der Waals surface area contributed by atoms with E-state index >= 15 is 0 Å². The summed E-state index contributed by atoms with van der Waals surface area (Å²) in [6.45, 7) is 3.11. The molecule has 0 bridgehead atoms. The molecule has 1 aromatic heterocycles. The molecule has 0 unspecified atom stereocenters. The van der Waals surface area contributed by atoms with Crippen molar-refractivity contribution in [1.29, 1.82) is 0 Å². The summed E-state index contributed by atoms with van der Waals surface area (Å²) < 4.78 is 4.98. The molecule has 6 nitrogen and oxygen atoms in total. The number of ether oxygens (including phenoxy) is 1. The van der Waals surface area contributed by atoms with E-state index in [2.05, 4.69) is 0 Å².